The minimum atomic E-state index is -0.249. The first-order chi connectivity index (χ1) is 11.7. The van der Waals surface area contributed by atoms with E-state index in [1.165, 1.54) is 0 Å². The van der Waals surface area contributed by atoms with Crippen LogP contribution in [0, 0.1) is 0 Å². The third kappa shape index (κ3) is 3.42. The maximum atomic E-state index is 12.3. The van der Waals surface area contributed by atoms with Crippen molar-refractivity contribution in [1.29, 1.82) is 0 Å². The van der Waals surface area contributed by atoms with Crippen LogP contribution in [0.4, 0.5) is 0 Å². The number of carbonyl (C=O) groups excluding carboxylic acids is 1. The lowest BCUT2D eigenvalue weighted by Crippen LogP contribution is -2.36. The number of carbonyl (C=O) groups is 1. The highest BCUT2D eigenvalue weighted by molar-refractivity contribution is 5.94. The number of nitrogens with zero attached hydrogens (tertiary/aromatic N) is 1. The van der Waals surface area contributed by atoms with Gasteiger partial charge in [0, 0.05) is 11.3 Å². The number of H-pyrrole nitrogens is 1. The topological polar surface area (TPSA) is 79.0 Å². The lowest BCUT2D eigenvalue weighted by molar-refractivity contribution is 0.0936. The molecule has 0 saturated heterocycles. The molecule has 126 valence electrons. The molecule has 1 aliphatic rings. The van der Waals surface area contributed by atoms with Gasteiger partial charge in [0.2, 0.25) is 0 Å². The van der Waals surface area contributed by atoms with Gasteiger partial charge in [-0.05, 0) is 62.4 Å². The highest BCUT2D eigenvalue weighted by Crippen LogP contribution is 2.22. The van der Waals surface area contributed by atoms with Gasteiger partial charge in [0.1, 0.15) is 5.75 Å². The molecular formula is C18H22N4O2. The molecule has 1 heterocycles. The minimum absolute atomic E-state index is 0.249. The Balaban J connectivity index is 1.59. The van der Waals surface area contributed by atoms with Crippen LogP contribution in [0.15, 0.2) is 30.8 Å². The van der Waals surface area contributed by atoms with Gasteiger partial charge in [-0.25, -0.2) is 0 Å². The third-order valence-electron chi connectivity index (χ3n) is 4.11. The van der Waals surface area contributed by atoms with Crippen molar-refractivity contribution >= 4 is 11.6 Å². The number of amides is 1. The Kier molecular flexibility index (Phi) is 4.84. The van der Waals surface area contributed by atoms with Crippen LogP contribution in [0.2, 0.25) is 0 Å². The van der Waals surface area contributed by atoms with E-state index in [0.29, 0.717) is 18.0 Å². The number of benzene rings is 1. The summed E-state index contributed by atoms with van der Waals surface area (Å²) in [7, 11) is 0. The van der Waals surface area contributed by atoms with Gasteiger partial charge in [-0.15, -0.1) is 0 Å². The molecule has 6 nitrogen and oxygen atoms in total. The Bertz CT molecular complexity index is 734. The van der Waals surface area contributed by atoms with Crippen LogP contribution in [0.3, 0.4) is 0 Å². The number of aryl methyl sites for hydroxylation is 1. The molecule has 0 unspecified atom stereocenters. The van der Waals surface area contributed by atoms with Gasteiger partial charge in [0.05, 0.1) is 12.3 Å². The Hall–Kier alpha value is -2.76. The Labute approximate surface area is 141 Å². The lowest BCUT2D eigenvalue weighted by Gasteiger charge is -2.13. The highest BCUT2D eigenvalue weighted by Gasteiger charge is 2.21. The normalized spacial score (nSPS) is 13.0. The van der Waals surface area contributed by atoms with E-state index in [1.54, 1.807) is 0 Å². The monoisotopic (exact) mass is 326 g/mol. The molecule has 24 heavy (non-hydrogen) atoms. The first kappa shape index (κ1) is 16.1. The molecule has 1 aliphatic carbocycles. The fourth-order valence-corrected chi connectivity index (χ4v) is 2.85. The molecule has 0 saturated carbocycles. The van der Waals surface area contributed by atoms with Crippen molar-refractivity contribution in [2.75, 3.05) is 6.61 Å². The summed E-state index contributed by atoms with van der Waals surface area (Å²) in [6, 6.07) is 7.53. The molecule has 0 atom stereocenters. The fourth-order valence-electron chi connectivity index (χ4n) is 2.85. The SMILES string of the molecule is C=C(NNC(=O)c1n[nH]c2c1CCCC2)c1ccc(OCC)cc1. The number of aromatic amines is 1. The molecule has 6 heteroatoms. The van der Waals surface area contributed by atoms with E-state index >= 15 is 0 Å². The Morgan fingerprint density at radius 1 is 1.25 bits per heavy atom. The summed E-state index contributed by atoms with van der Waals surface area (Å²) in [6.07, 6.45) is 4.10. The van der Waals surface area contributed by atoms with Crippen LogP contribution in [-0.2, 0) is 12.8 Å². The molecule has 2 aromatic rings. The van der Waals surface area contributed by atoms with Crippen molar-refractivity contribution < 1.29 is 9.53 Å². The van der Waals surface area contributed by atoms with Crippen molar-refractivity contribution in [3.05, 3.63) is 53.4 Å². The predicted octanol–water partition coefficient (Wildman–Crippen LogP) is 2.59. The number of aromatic nitrogens is 2. The van der Waals surface area contributed by atoms with Crippen molar-refractivity contribution in [1.82, 2.24) is 21.0 Å². The summed E-state index contributed by atoms with van der Waals surface area (Å²) in [5.74, 6) is 0.558. The maximum Gasteiger partial charge on any atom is 0.290 e. The van der Waals surface area contributed by atoms with Crippen LogP contribution in [-0.4, -0.2) is 22.7 Å². The first-order valence-electron chi connectivity index (χ1n) is 8.23. The lowest BCUT2D eigenvalue weighted by atomic mass is 9.96. The van der Waals surface area contributed by atoms with Crippen LogP contribution in [0.25, 0.3) is 5.70 Å². The second-order valence-electron chi connectivity index (χ2n) is 5.75. The molecule has 0 spiro atoms. The summed E-state index contributed by atoms with van der Waals surface area (Å²) in [5, 5.41) is 7.13. The van der Waals surface area contributed by atoms with Gasteiger partial charge in [-0.3, -0.25) is 20.7 Å². The number of nitrogens with one attached hydrogen (secondary N) is 3. The average molecular weight is 326 g/mol. The van der Waals surface area contributed by atoms with Crippen molar-refractivity contribution in [3.63, 3.8) is 0 Å². The largest absolute Gasteiger partial charge is 0.494 e. The second kappa shape index (κ2) is 7.21. The average Bonchev–Trinajstić information content (AvgIpc) is 3.04. The molecule has 1 aromatic carbocycles. The number of ether oxygens (including phenoxy) is 1. The summed E-state index contributed by atoms with van der Waals surface area (Å²) >= 11 is 0. The third-order valence-corrected chi connectivity index (χ3v) is 4.11. The van der Waals surface area contributed by atoms with Gasteiger partial charge in [0.15, 0.2) is 5.69 Å². The molecule has 3 rings (SSSR count). The second-order valence-corrected chi connectivity index (χ2v) is 5.75. The summed E-state index contributed by atoms with van der Waals surface area (Å²) < 4.78 is 5.41. The van der Waals surface area contributed by atoms with E-state index in [1.807, 2.05) is 31.2 Å². The molecule has 0 aliphatic heterocycles. The first-order valence-corrected chi connectivity index (χ1v) is 8.23. The van der Waals surface area contributed by atoms with Crippen molar-refractivity contribution in [3.8, 4) is 5.75 Å². The van der Waals surface area contributed by atoms with Gasteiger partial charge in [-0.2, -0.15) is 5.10 Å². The molecular weight excluding hydrogens is 304 g/mol. The predicted molar refractivity (Wildman–Crippen MR) is 92.5 cm³/mol. The number of hydrogen-bond acceptors (Lipinski definition) is 4. The minimum Gasteiger partial charge on any atom is -0.494 e. The highest BCUT2D eigenvalue weighted by atomic mass is 16.5. The van der Waals surface area contributed by atoms with Crippen molar-refractivity contribution in [2.45, 2.75) is 32.6 Å². The van der Waals surface area contributed by atoms with E-state index in [-0.39, 0.29) is 5.91 Å². The van der Waals surface area contributed by atoms with E-state index in [0.717, 1.165) is 48.3 Å². The number of hydrazine groups is 1. The Morgan fingerprint density at radius 3 is 2.75 bits per heavy atom. The number of fused-ring (bicyclic) bond motifs is 1. The van der Waals surface area contributed by atoms with Crippen LogP contribution < -0.4 is 15.6 Å². The van der Waals surface area contributed by atoms with Crippen LogP contribution >= 0.6 is 0 Å². The Morgan fingerprint density at radius 2 is 2.00 bits per heavy atom. The van der Waals surface area contributed by atoms with Crippen LogP contribution in [0.1, 0.15) is 47.1 Å². The molecule has 1 aromatic heterocycles. The zero-order chi connectivity index (χ0) is 16.9. The van der Waals surface area contributed by atoms with Gasteiger partial charge >= 0.3 is 0 Å². The molecule has 1 amide bonds. The quantitative estimate of drug-likeness (QED) is 0.713. The standard InChI is InChI=1S/C18H22N4O2/c1-3-24-14-10-8-13(9-11-14)12(2)19-22-18(23)17-15-6-4-5-7-16(15)20-21-17/h8-11,19H,2-7H2,1H3,(H,20,21)(H,22,23). The van der Waals surface area contributed by atoms with Crippen LogP contribution in [0.5, 0.6) is 5.75 Å². The van der Waals surface area contributed by atoms with E-state index in [4.69, 9.17) is 4.74 Å². The van der Waals surface area contributed by atoms with E-state index in [2.05, 4.69) is 27.6 Å². The molecule has 0 radical (unpaired) electrons. The van der Waals surface area contributed by atoms with Gasteiger partial charge in [0.25, 0.3) is 5.91 Å². The van der Waals surface area contributed by atoms with Gasteiger partial charge < -0.3 is 4.74 Å². The molecule has 0 bridgehead atoms. The van der Waals surface area contributed by atoms with E-state index < -0.39 is 0 Å². The zero-order valence-corrected chi connectivity index (χ0v) is 13.8. The number of hydrogen-bond donors (Lipinski definition) is 3. The van der Waals surface area contributed by atoms with E-state index in [9.17, 15) is 4.79 Å². The summed E-state index contributed by atoms with van der Waals surface area (Å²) in [5.41, 5.74) is 9.60. The van der Waals surface area contributed by atoms with Gasteiger partial charge in [-0.1, -0.05) is 6.58 Å². The molecule has 3 N–H and O–H groups in total. The smallest absolute Gasteiger partial charge is 0.290 e. The maximum absolute atomic E-state index is 12.3. The summed E-state index contributed by atoms with van der Waals surface area (Å²) in [6.45, 7) is 6.52. The van der Waals surface area contributed by atoms with Crippen molar-refractivity contribution in [2.24, 2.45) is 0 Å². The molecule has 0 fully saturated rings. The fraction of sp³-hybridized carbons (Fsp3) is 0.333. The summed E-state index contributed by atoms with van der Waals surface area (Å²) in [4.78, 5) is 12.3. The number of rotatable bonds is 6. The zero-order valence-electron chi connectivity index (χ0n) is 13.8.